The third kappa shape index (κ3) is 9.19. The maximum absolute atomic E-state index is 14.9. The van der Waals surface area contributed by atoms with E-state index >= 15 is 0 Å². The van der Waals surface area contributed by atoms with E-state index in [1.54, 1.807) is 62.6 Å². The van der Waals surface area contributed by atoms with E-state index in [9.17, 15) is 14.0 Å². The highest BCUT2D eigenvalue weighted by molar-refractivity contribution is 6.35. The minimum absolute atomic E-state index is 0.187. The average molecular weight is 726 g/mol. The van der Waals surface area contributed by atoms with Crippen molar-refractivity contribution < 1.29 is 32.9 Å². The number of hydrogen-bond donors (Lipinski definition) is 0. The van der Waals surface area contributed by atoms with Gasteiger partial charge in [0.2, 0.25) is 0 Å². The van der Waals surface area contributed by atoms with Gasteiger partial charge in [0.1, 0.15) is 18.0 Å². The van der Waals surface area contributed by atoms with Gasteiger partial charge in [-0.2, -0.15) is 0 Å². The van der Waals surface area contributed by atoms with Crippen molar-refractivity contribution >= 4 is 41.0 Å². The van der Waals surface area contributed by atoms with Crippen LogP contribution in [0.1, 0.15) is 60.2 Å². The van der Waals surface area contributed by atoms with Gasteiger partial charge < -0.3 is 18.9 Å². The van der Waals surface area contributed by atoms with Crippen molar-refractivity contribution in [2.24, 2.45) is 5.92 Å². The molecule has 0 radical (unpaired) electrons. The van der Waals surface area contributed by atoms with Gasteiger partial charge in [0, 0.05) is 29.6 Å². The molecule has 266 valence electrons. The SMILES string of the molecule is C=C(Cl)/C(C[C@H](OC(=O)c1ccc(CCCN(C(=O)O[C@H]2CN3CCC2CC3)c2ccccc2F)cc1)c1ccc(OC)c(OC)c1)=C(\C)Cl. The second-order valence-corrected chi connectivity index (χ2v) is 13.6. The standard InChI is InChI=1S/C39H43Cl2FN2O6/c1-25(40)31(26(2)41)23-35(30-15-16-34(47-3)36(22-30)48-4)49-38(45)29-13-11-27(12-14-29)8-7-19-44(33-10-6-5-9-32(33)42)39(46)50-37-24-43-20-17-28(37)18-21-43/h5-6,9-16,22,28,35,37H,1,7-8,17-21,23-24H2,2-4H3/b31-26+/t35-,37-/m0/s1. The number of halogens is 3. The van der Waals surface area contributed by atoms with Crippen LogP contribution in [0, 0.1) is 11.7 Å². The van der Waals surface area contributed by atoms with Crippen LogP contribution in [0.2, 0.25) is 0 Å². The van der Waals surface area contributed by atoms with Crippen LogP contribution in [0.15, 0.2) is 88.9 Å². The molecule has 0 aliphatic carbocycles. The van der Waals surface area contributed by atoms with Gasteiger partial charge in [0.25, 0.3) is 0 Å². The van der Waals surface area contributed by atoms with E-state index < -0.39 is 24.0 Å². The van der Waals surface area contributed by atoms with Gasteiger partial charge in [0.05, 0.1) is 25.5 Å². The van der Waals surface area contributed by atoms with Crippen molar-refractivity contribution in [3.63, 3.8) is 0 Å². The monoisotopic (exact) mass is 724 g/mol. The Labute approximate surface area is 303 Å². The zero-order valence-electron chi connectivity index (χ0n) is 28.6. The third-order valence-electron chi connectivity index (χ3n) is 9.41. The molecule has 0 aromatic heterocycles. The molecular weight excluding hydrogens is 682 g/mol. The van der Waals surface area contributed by atoms with Crippen LogP contribution in [0.3, 0.4) is 0 Å². The molecular formula is C39H43Cl2FN2O6. The van der Waals surface area contributed by atoms with Crippen molar-refractivity contribution in [2.75, 3.05) is 45.3 Å². The number of amides is 1. The zero-order valence-corrected chi connectivity index (χ0v) is 30.1. The van der Waals surface area contributed by atoms with Crippen LogP contribution in [0.25, 0.3) is 0 Å². The maximum atomic E-state index is 14.9. The molecule has 1 amide bonds. The number of esters is 1. The van der Waals surface area contributed by atoms with Gasteiger partial charge in [-0.3, -0.25) is 9.80 Å². The summed E-state index contributed by atoms with van der Waals surface area (Å²) in [5.74, 6) is 0.338. The number of ether oxygens (including phenoxy) is 4. The molecule has 3 heterocycles. The lowest BCUT2D eigenvalue weighted by Crippen LogP contribution is -2.53. The molecule has 8 nitrogen and oxygen atoms in total. The number of benzene rings is 3. The number of carbonyl (C=O) groups excluding carboxylic acids is 2. The van der Waals surface area contributed by atoms with Crippen molar-refractivity contribution in [1.29, 1.82) is 0 Å². The predicted octanol–water partition coefficient (Wildman–Crippen LogP) is 9.07. The molecule has 3 fully saturated rings. The van der Waals surface area contributed by atoms with E-state index in [0.29, 0.717) is 52.0 Å². The summed E-state index contributed by atoms with van der Waals surface area (Å²) in [6, 6.07) is 18.6. The topological polar surface area (TPSA) is 77.5 Å². The summed E-state index contributed by atoms with van der Waals surface area (Å²) < 4.78 is 37.7. The number of para-hydroxylation sites is 1. The number of anilines is 1. The molecule has 0 saturated carbocycles. The summed E-state index contributed by atoms with van der Waals surface area (Å²) >= 11 is 12.6. The molecule has 0 unspecified atom stereocenters. The molecule has 3 aliphatic rings. The first-order valence-electron chi connectivity index (χ1n) is 16.7. The molecule has 2 atom stereocenters. The predicted molar refractivity (Wildman–Crippen MR) is 194 cm³/mol. The fourth-order valence-corrected chi connectivity index (χ4v) is 7.03. The van der Waals surface area contributed by atoms with E-state index in [-0.39, 0.29) is 29.8 Å². The first-order valence-corrected chi connectivity index (χ1v) is 17.5. The maximum Gasteiger partial charge on any atom is 0.414 e. The molecule has 11 heteroatoms. The molecule has 3 aromatic rings. The van der Waals surface area contributed by atoms with Gasteiger partial charge in [-0.1, -0.05) is 60.1 Å². The zero-order chi connectivity index (χ0) is 35.8. The number of piperidine rings is 3. The highest BCUT2D eigenvalue weighted by Gasteiger charge is 2.37. The van der Waals surface area contributed by atoms with Crippen LogP contribution in [-0.4, -0.2) is 63.5 Å². The Kier molecular flexibility index (Phi) is 12.8. The Morgan fingerprint density at radius 3 is 2.30 bits per heavy atom. The highest BCUT2D eigenvalue weighted by Crippen LogP contribution is 2.37. The van der Waals surface area contributed by atoms with Crippen molar-refractivity contribution in [3.05, 3.63) is 111 Å². The van der Waals surface area contributed by atoms with Gasteiger partial charge in [0.15, 0.2) is 11.5 Å². The Morgan fingerprint density at radius 1 is 1.00 bits per heavy atom. The van der Waals surface area contributed by atoms with Crippen LogP contribution >= 0.6 is 23.2 Å². The second kappa shape index (κ2) is 17.2. The Balaban J connectivity index is 1.25. The molecule has 2 bridgehead atoms. The van der Waals surface area contributed by atoms with E-state index in [4.69, 9.17) is 42.1 Å². The van der Waals surface area contributed by atoms with E-state index in [0.717, 1.165) is 38.0 Å². The fourth-order valence-electron chi connectivity index (χ4n) is 6.57. The van der Waals surface area contributed by atoms with Crippen LogP contribution in [-0.2, 0) is 15.9 Å². The molecule has 0 spiro atoms. The average Bonchev–Trinajstić information content (AvgIpc) is 3.12. The van der Waals surface area contributed by atoms with E-state index in [1.807, 2.05) is 12.1 Å². The Hall–Kier alpha value is -4.05. The van der Waals surface area contributed by atoms with Gasteiger partial charge in [-0.15, -0.1) is 0 Å². The number of nitrogens with zero attached hydrogens (tertiary/aromatic N) is 2. The van der Waals surface area contributed by atoms with Crippen LogP contribution in [0.4, 0.5) is 14.9 Å². The minimum Gasteiger partial charge on any atom is -0.493 e. The number of rotatable bonds is 14. The van der Waals surface area contributed by atoms with Crippen LogP contribution in [0.5, 0.6) is 11.5 Å². The molecule has 3 saturated heterocycles. The molecule has 0 N–H and O–H groups in total. The molecule has 50 heavy (non-hydrogen) atoms. The van der Waals surface area contributed by atoms with Crippen molar-refractivity contribution in [3.8, 4) is 11.5 Å². The van der Waals surface area contributed by atoms with E-state index in [2.05, 4.69) is 11.5 Å². The number of fused-ring (bicyclic) bond motifs is 3. The molecule has 3 aromatic carbocycles. The lowest BCUT2D eigenvalue weighted by molar-refractivity contribution is -0.0310. The first kappa shape index (κ1) is 37.2. The number of allylic oxidation sites excluding steroid dienone is 2. The van der Waals surface area contributed by atoms with Crippen LogP contribution < -0.4 is 14.4 Å². The first-order chi connectivity index (χ1) is 24.1. The normalized spacial score (nSPS) is 19.2. The number of hydrogen-bond acceptors (Lipinski definition) is 7. The molecule has 6 rings (SSSR count). The van der Waals surface area contributed by atoms with Crippen molar-refractivity contribution in [1.82, 2.24) is 4.90 Å². The third-order valence-corrected chi connectivity index (χ3v) is 9.87. The summed E-state index contributed by atoms with van der Waals surface area (Å²) in [7, 11) is 3.07. The minimum atomic E-state index is -0.758. The Bertz CT molecular complexity index is 1700. The fraction of sp³-hybridized carbons (Fsp3) is 0.385. The highest BCUT2D eigenvalue weighted by atomic mass is 35.5. The Morgan fingerprint density at radius 2 is 1.70 bits per heavy atom. The van der Waals surface area contributed by atoms with Gasteiger partial charge in [-0.25, -0.2) is 14.0 Å². The lowest BCUT2D eigenvalue weighted by Gasteiger charge is -2.44. The largest absolute Gasteiger partial charge is 0.493 e. The summed E-state index contributed by atoms with van der Waals surface area (Å²) in [5.41, 5.74) is 2.71. The number of methoxy groups -OCH3 is 2. The van der Waals surface area contributed by atoms with Gasteiger partial charge >= 0.3 is 12.1 Å². The summed E-state index contributed by atoms with van der Waals surface area (Å²) in [5, 5.41) is 0.695. The lowest BCUT2D eigenvalue weighted by atomic mass is 9.86. The van der Waals surface area contributed by atoms with Crippen molar-refractivity contribution in [2.45, 2.75) is 51.2 Å². The number of aryl methyl sites for hydroxylation is 1. The summed E-state index contributed by atoms with van der Waals surface area (Å²) in [6.45, 7) is 8.56. The summed E-state index contributed by atoms with van der Waals surface area (Å²) in [6.07, 6.45) is 1.86. The quantitative estimate of drug-likeness (QED) is 0.121. The summed E-state index contributed by atoms with van der Waals surface area (Å²) in [4.78, 5) is 30.6. The number of carbonyl (C=O) groups is 2. The second-order valence-electron chi connectivity index (χ2n) is 12.6. The van der Waals surface area contributed by atoms with E-state index in [1.165, 1.54) is 18.1 Å². The van der Waals surface area contributed by atoms with Gasteiger partial charge in [-0.05, 0) is 105 Å². The molecule has 3 aliphatic heterocycles. The smallest absolute Gasteiger partial charge is 0.414 e.